The minimum atomic E-state index is 0.696. The van der Waals surface area contributed by atoms with E-state index in [-0.39, 0.29) is 0 Å². The highest BCUT2D eigenvalue weighted by Crippen LogP contribution is 2.04. The molecule has 0 saturated heterocycles. The molecular weight excluding hydrogens is 160 g/mol. The highest BCUT2D eigenvalue weighted by atomic mass is 35.5. The van der Waals surface area contributed by atoms with Gasteiger partial charge in [-0.2, -0.15) is 0 Å². The van der Waals surface area contributed by atoms with Gasteiger partial charge in [0.1, 0.15) is 6.29 Å². The fourth-order valence-electron chi connectivity index (χ4n) is 0.542. The number of allylic oxidation sites excluding steroid dienone is 6. The van der Waals surface area contributed by atoms with E-state index >= 15 is 0 Å². The molecule has 0 aliphatic rings. The Morgan fingerprint density at radius 3 is 2.82 bits per heavy atom. The molecule has 0 aromatic carbocycles. The van der Waals surface area contributed by atoms with Gasteiger partial charge in [-0.05, 0) is 25.5 Å². The zero-order valence-corrected chi connectivity index (χ0v) is 7.21. The van der Waals surface area contributed by atoms with Crippen LogP contribution in [0.4, 0.5) is 0 Å². The molecule has 0 aromatic rings. The van der Waals surface area contributed by atoms with Crippen molar-refractivity contribution in [1.29, 1.82) is 0 Å². The van der Waals surface area contributed by atoms with Crippen LogP contribution in [0, 0.1) is 0 Å². The lowest BCUT2D eigenvalue weighted by Gasteiger charge is -1.84. The fourth-order valence-corrected chi connectivity index (χ4v) is 0.757. The number of hydrogen-bond donors (Lipinski definition) is 0. The van der Waals surface area contributed by atoms with E-state index in [1.807, 2.05) is 19.1 Å². The van der Waals surface area contributed by atoms with Crippen molar-refractivity contribution in [2.75, 3.05) is 0 Å². The Labute approximate surface area is 72.1 Å². The Bertz CT molecular complexity index is 190. The van der Waals surface area contributed by atoms with Crippen LogP contribution in [0.2, 0.25) is 0 Å². The van der Waals surface area contributed by atoms with Gasteiger partial charge in [-0.15, -0.1) is 0 Å². The van der Waals surface area contributed by atoms with Crippen molar-refractivity contribution in [1.82, 2.24) is 0 Å². The Hall–Kier alpha value is -0.820. The van der Waals surface area contributed by atoms with E-state index in [9.17, 15) is 4.79 Å². The molecule has 1 nitrogen and oxygen atoms in total. The van der Waals surface area contributed by atoms with Gasteiger partial charge in [-0.3, -0.25) is 4.79 Å². The summed E-state index contributed by atoms with van der Waals surface area (Å²) in [4.78, 5) is 9.82. The standard InChI is InChI=1S/C9H11ClO/c1-2-6-9(10)7-4-3-5-8-11/h2-3,5-8H,4H2,1H3/b5-3+,6-2-,9-7?. The molecule has 60 valence electrons. The summed E-state index contributed by atoms with van der Waals surface area (Å²) in [6, 6.07) is 0. The molecule has 0 saturated carbocycles. The van der Waals surface area contributed by atoms with Gasteiger partial charge in [0, 0.05) is 5.03 Å². The molecule has 2 heteroatoms. The number of rotatable bonds is 4. The van der Waals surface area contributed by atoms with E-state index in [2.05, 4.69) is 0 Å². The lowest BCUT2D eigenvalue weighted by molar-refractivity contribution is -0.104. The smallest absolute Gasteiger partial charge is 0.142 e. The summed E-state index contributed by atoms with van der Waals surface area (Å²) in [6.45, 7) is 1.90. The van der Waals surface area contributed by atoms with Gasteiger partial charge in [-0.1, -0.05) is 29.8 Å². The zero-order chi connectivity index (χ0) is 8.53. The normalized spacial score (nSPS) is 13.1. The van der Waals surface area contributed by atoms with E-state index in [1.165, 1.54) is 6.08 Å². The van der Waals surface area contributed by atoms with Crippen LogP contribution < -0.4 is 0 Å². The maximum atomic E-state index is 9.82. The topological polar surface area (TPSA) is 17.1 Å². The van der Waals surface area contributed by atoms with Crippen molar-refractivity contribution < 1.29 is 4.79 Å². The summed E-state index contributed by atoms with van der Waals surface area (Å²) in [5.41, 5.74) is 0. The van der Waals surface area contributed by atoms with Gasteiger partial charge in [0.2, 0.25) is 0 Å². The summed E-state index contributed by atoms with van der Waals surface area (Å²) >= 11 is 5.71. The second-order valence-electron chi connectivity index (χ2n) is 1.89. The van der Waals surface area contributed by atoms with E-state index in [1.54, 1.807) is 12.2 Å². The van der Waals surface area contributed by atoms with Crippen LogP contribution in [0.5, 0.6) is 0 Å². The van der Waals surface area contributed by atoms with Crippen molar-refractivity contribution >= 4 is 17.9 Å². The SMILES string of the molecule is C/C=C\C(Cl)=CC/C=C/C=O. The first kappa shape index (κ1) is 10.2. The first-order chi connectivity index (χ1) is 5.31. The van der Waals surface area contributed by atoms with Crippen LogP contribution in [0.15, 0.2) is 35.4 Å². The Morgan fingerprint density at radius 1 is 1.55 bits per heavy atom. The molecule has 0 atom stereocenters. The summed E-state index contributed by atoms with van der Waals surface area (Å²) in [6.07, 6.45) is 10.1. The van der Waals surface area contributed by atoms with Crippen molar-refractivity contribution in [3.05, 3.63) is 35.4 Å². The number of carbonyl (C=O) groups excluding carboxylic acids is 1. The van der Waals surface area contributed by atoms with Gasteiger partial charge in [0.05, 0.1) is 0 Å². The lowest BCUT2D eigenvalue weighted by atomic mass is 10.3. The minimum absolute atomic E-state index is 0.696. The summed E-state index contributed by atoms with van der Waals surface area (Å²) < 4.78 is 0. The summed E-state index contributed by atoms with van der Waals surface area (Å²) in [5, 5.41) is 0.697. The quantitative estimate of drug-likeness (QED) is 0.360. The molecule has 0 fully saturated rings. The van der Waals surface area contributed by atoms with Crippen LogP contribution in [-0.4, -0.2) is 6.29 Å². The second kappa shape index (κ2) is 7.29. The third kappa shape index (κ3) is 7.07. The first-order valence-corrected chi connectivity index (χ1v) is 3.77. The number of hydrogen-bond acceptors (Lipinski definition) is 1. The highest BCUT2D eigenvalue weighted by Gasteiger charge is 1.79. The van der Waals surface area contributed by atoms with Crippen LogP contribution in [0.1, 0.15) is 13.3 Å². The monoisotopic (exact) mass is 170 g/mol. The molecule has 0 unspecified atom stereocenters. The third-order valence-corrected chi connectivity index (χ3v) is 1.27. The van der Waals surface area contributed by atoms with Crippen LogP contribution in [0.3, 0.4) is 0 Å². The molecule has 0 N–H and O–H groups in total. The maximum absolute atomic E-state index is 9.82. The molecular formula is C9H11ClO. The molecule has 11 heavy (non-hydrogen) atoms. The Balaban J connectivity index is 3.72. The van der Waals surface area contributed by atoms with E-state index in [4.69, 9.17) is 11.6 Å². The van der Waals surface area contributed by atoms with Crippen LogP contribution in [0.25, 0.3) is 0 Å². The predicted molar refractivity (Wildman–Crippen MR) is 48.6 cm³/mol. The van der Waals surface area contributed by atoms with Gasteiger partial charge in [0.15, 0.2) is 0 Å². The number of aldehydes is 1. The highest BCUT2D eigenvalue weighted by molar-refractivity contribution is 6.31. The predicted octanol–water partition coefficient (Wildman–Crippen LogP) is 2.83. The summed E-state index contributed by atoms with van der Waals surface area (Å²) in [7, 11) is 0. The van der Waals surface area contributed by atoms with Crippen molar-refractivity contribution in [3.63, 3.8) is 0 Å². The van der Waals surface area contributed by atoms with Crippen LogP contribution >= 0.6 is 11.6 Å². The fraction of sp³-hybridized carbons (Fsp3) is 0.222. The van der Waals surface area contributed by atoms with E-state index in [0.29, 0.717) is 11.5 Å². The molecule has 0 spiro atoms. The maximum Gasteiger partial charge on any atom is 0.142 e. The van der Waals surface area contributed by atoms with Gasteiger partial charge in [-0.25, -0.2) is 0 Å². The van der Waals surface area contributed by atoms with Crippen molar-refractivity contribution in [2.24, 2.45) is 0 Å². The molecule has 0 rings (SSSR count). The van der Waals surface area contributed by atoms with Gasteiger partial charge in [0.25, 0.3) is 0 Å². The Kier molecular flexibility index (Phi) is 6.75. The molecule has 0 aliphatic carbocycles. The first-order valence-electron chi connectivity index (χ1n) is 3.40. The average Bonchev–Trinajstić information content (AvgIpc) is 1.99. The lowest BCUT2D eigenvalue weighted by Crippen LogP contribution is -1.65. The van der Waals surface area contributed by atoms with Gasteiger partial charge < -0.3 is 0 Å². The molecule has 0 bridgehead atoms. The number of halogens is 1. The molecule has 0 radical (unpaired) electrons. The van der Waals surface area contributed by atoms with Crippen molar-refractivity contribution in [3.8, 4) is 0 Å². The number of carbonyl (C=O) groups is 1. The zero-order valence-electron chi connectivity index (χ0n) is 6.46. The molecule has 0 aliphatic heterocycles. The Morgan fingerprint density at radius 2 is 2.27 bits per heavy atom. The second-order valence-corrected chi connectivity index (χ2v) is 2.33. The van der Waals surface area contributed by atoms with Crippen LogP contribution in [-0.2, 0) is 4.79 Å². The third-order valence-electron chi connectivity index (χ3n) is 0.989. The largest absolute Gasteiger partial charge is 0.299 e. The molecule has 0 heterocycles. The minimum Gasteiger partial charge on any atom is -0.299 e. The van der Waals surface area contributed by atoms with Crippen molar-refractivity contribution in [2.45, 2.75) is 13.3 Å². The van der Waals surface area contributed by atoms with Gasteiger partial charge >= 0.3 is 0 Å². The molecule has 0 amide bonds. The average molecular weight is 171 g/mol. The molecule has 0 aromatic heterocycles. The van der Waals surface area contributed by atoms with E-state index in [0.717, 1.165) is 6.29 Å². The van der Waals surface area contributed by atoms with E-state index < -0.39 is 0 Å². The summed E-state index contributed by atoms with van der Waals surface area (Å²) in [5.74, 6) is 0.